The van der Waals surface area contributed by atoms with Gasteiger partial charge in [0, 0.05) is 24.7 Å². The molecule has 0 radical (unpaired) electrons. The van der Waals surface area contributed by atoms with E-state index in [2.05, 4.69) is 25.9 Å². The second kappa shape index (κ2) is 16.2. The molecular weight excluding hydrogens is 576 g/mol. The van der Waals surface area contributed by atoms with Crippen LogP contribution in [0.3, 0.4) is 0 Å². The molecule has 1 heterocycles. The van der Waals surface area contributed by atoms with Crippen molar-refractivity contribution in [2.45, 2.75) is 49.9 Å². The van der Waals surface area contributed by atoms with Crippen molar-refractivity contribution < 1.29 is 34.5 Å². The molecule has 4 atom stereocenters. The summed E-state index contributed by atoms with van der Waals surface area (Å²) in [5.41, 5.74) is 7.97. The number of carboxylic acids is 1. The SMILES string of the molecule is CSCCC(NC(=O)C(Cc1cnc[nH]1)NC(=O)C(N)Cc1ccc(O)cc1)C(=O)NC(Cc1ccc(O)cc1)C(=O)O. The summed E-state index contributed by atoms with van der Waals surface area (Å²) in [4.78, 5) is 58.5. The molecule has 0 spiro atoms. The van der Waals surface area contributed by atoms with Gasteiger partial charge in [-0.15, -0.1) is 0 Å². The monoisotopic (exact) mass is 612 g/mol. The Kier molecular flexibility index (Phi) is 12.4. The number of carbonyl (C=O) groups is 4. The number of rotatable bonds is 16. The van der Waals surface area contributed by atoms with Crippen molar-refractivity contribution in [3.05, 3.63) is 77.9 Å². The van der Waals surface area contributed by atoms with Gasteiger partial charge in [-0.3, -0.25) is 14.4 Å². The lowest BCUT2D eigenvalue weighted by molar-refractivity contribution is -0.142. The lowest BCUT2D eigenvalue weighted by atomic mass is 10.0. The van der Waals surface area contributed by atoms with Crippen LogP contribution in [-0.4, -0.2) is 85.2 Å². The minimum Gasteiger partial charge on any atom is -0.508 e. The smallest absolute Gasteiger partial charge is 0.326 e. The minimum atomic E-state index is -1.29. The summed E-state index contributed by atoms with van der Waals surface area (Å²) in [6.45, 7) is 0. The van der Waals surface area contributed by atoms with Gasteiger partial charge in [0.2, 0.25) is 17.7 Å². The third kappa shape index (κ3) is 10.7. The Morgan fingerprint density at radius 1 is 0.814 bits per heavy atom. The van der Waals surface area contributed by atoms with Crippen molar-refractivity contribution in [3.63, 3.8) is 0 Å². The van der Waals surface area contributed by atoms with Crippen molar-refractivity contribution in [1.29, 1.82) is 0 Å². The van der Waals surface area contributed by atoms with Gasteiger partial charge in [0.1, 0.15) is 29.6 Å². The highest BCUT2D eigenvalue weighted by Gasteiger charge is 2.31. The fourth-order valence-electron chi connectivity index (χ4n) is 4.20. The summed E-state index contributed by atoms with van der Waals surface area (Å²) in [6, 6.07) is 7.67. The summed E-state index contributed by atoms with van der Waals surface area (Å²) < 4.78 is 0. The van der Waals surface area contributed by atoms with E-state index in [1.54, 1.807) is 24.3 Å². The molecule has 0 bridgehead atoms. The van der Waals surface area contributed by atoms with Crippen LogP contribution in [0.5, 0.6) is 11.5 Å². The van der Waals surface area contributed by atoms with E-state index in [-0.39, 0.29) is 37.2 Å². The number of thioether (sulfide) groups is 1. The molecule has 0 aliphatic rings. The average Bonchev–Trinajstić information content (AvgIpc) is 3.49. The number of nitrogens with one attached hydrogen (secondary N) is 4. The molecule has 13 nitrogen and oxygen atoms in total. The largest absolute Gasteiger partial charge is 0.508 e. The van der Waals surface area contributed by atoms with Crippen LogP contribution < -0.4 is 21.7 Å². The van der Waals surface area contributed by atoms with Gasteiger partial charge >= 0.3 is 5.97 Å². The van der Waals surface area contributed by atoms with E-state index >= 15 is 0 Å². The molecule has 14 heteroatoms. The normalized spacial score (nSPS) is 13.7. The van der Waals surface area contributed by atoms with Crippen molar-refractivity contribution in [2.24, 2.45) is 5.73 Å². The molecule has 3 amide bonds. The van der Waals surface area contributed by atoms with Crippen LogP contribution in [0.4, 0.5) is 0 Å². The van der Waals surface area contributed by atoms with Crippen LogP contribution in [0.15, 0.2) is 61.1 Å². The topological polar surface area (TPSA) is 220 Å². The Morgan fingerprint density at radius 2 is 1.35 bits per heavy atom. The average molecular weight is 613 g/mol. The third-order valence-electron chi connectivity index (χ3n) is 6.57. The molecule has 1 aromatic heterocycles. The Balaban J connectivity index is 1.72. The van der Waals surface area contributed by atoms with Gasteiger partial charge in [-0.25, -0.2) is 9.78 Å². The molecule has 9 N–H and O–H groups in total. The Bertz CT molecular complexity index is 1350. The number of aromatic amines is 1. The van der Waals surface area contributed by atoms with E-state index in [4.69, 9.17) is 5.73 Å². The third-order valence-corrected chi connectivity index (χ3v) is 7.22. The number of carbonyl (C=O) groups excluding carboxylic acids is 3. The van der Waals surface area contributed by atoms with E-state index in [0.29, 0.717) is 22.6 Å². The number of phenols is 2. The summed E-state index contributed by atoms with van der Waals surface area (Å²) in [7, 11) is 0. The van der Waals surface area contributed by atoms with Crippen LogP contribution in [-0.2, 0) is 38.4 Å². The zero-order chi connectivity index (χ0) is 31.4. The quantitative estimate of drug-likeness (QED) is 0.112. The Labute approximate surface area is 252 Å². The number of phenolic OH excluding ortho intramolecular Hbond substituents is 2. The molecule has 43 heavy (non-hydrogen) atoms. The van der Waals surface area contributed by atoms with Gasteiger partial charge in [-0.2, -0.15) is 11.8 Å². The van der Waals surface area contributed by atoms with Crippen LogP contribution in [0.2, 0.25) is 0 Å². The molecule has 0 aliphatic heterocycles. The molecule has 3 aromatic rings. The first-order chi connectivity index (χ1) is 20.5. The number of aromatic hydroxyl groups is 2. The first-order valence-corrected chi connectivity index (χ1v) is 14.9. The number of nitrogens with two attached hydrogens (primary N) is 1. The van der Waals surface area contributed by atoms with Crippen LogP contribution in [0.1, 0.15) is 23.2 Å². The highest BCUT2D eigenvalue weighted by Crippen LogP contribution is 2.13. The van der Waals surface area contributed by atoms with Gasteiger partial charge < -0.3 is 42.0 Å². The number of hydrogen-bond acceptors (Lipinski definition) is 9. The van der Waals surface area contributed by atoms with E-state index in [9.17, 15) is 34.5 Å². The van der Waals surface area contributed by atoms with E-state index < -0.39 is 47.9 Å². The number of nitrogens with zero attached hydrogens (tertiary/aromatic N) is 1. The number of aromatic nitrogens is 2. The molecule has 0 saturated carbocycles. The number of hydrogen-bond donors (Lipinski definition) is 8. The molecule has 3 rings (SSSR count). The number of carboxylic acid groups (broad SMARTS) is 1. The number of amides is 3. The predicted molar refractivity (Wildman–Crippen MR) is 160 cm³/mol. The zero-order valence-corrected chi connectivity index (χ0v) is 24.3. The first kappa shape index (κ1) is 32.9. The Hall–Kier alpha value is -4.56. The number of H-pyrrole nitrogens is 1. The van der Waals surface area contributed by atoms with Gasteiger partial charge in [0.25, 0.3) is 0 Å². The summed E-state index contributed by atoms with van der Waals surface area (Å²) >= 11 is 1.45. The Morgan fingerprint density at radius 3 is 1.88 bits per heavy atom. The van der Waals surface area contributed by atoms with Crippen molar-refractivity contribution >= 4 is 35.5 Å². The molecule has 4 unspecified atom stereocenters. The zero-order valence-electron chi connectivity index (χ0n) is 23.5. The van der Waals surface area contributed by atoms with Crippen molar-refractivity contribution in [2.75, 3.05) is 12.0 Å². The molecule has 0 saturated heterocycles. The fourth-order valence-corrected chi connectivity index (χ4v) is 4.67. The van der Waals surface area contributed by atoms with E-state index in [0.717, 1.165) is 0 Å². The van der Waals surface area contributed by atoms with E-state index in [1.165, 1.54) is 48.6 Å². The van der Waals surface area contributed by atoms with Gasteiger partial charge in [0.05, 0.1) is 12.4 Å². The van der Waals surface area contributed by atoms with Gasteiger partial charge in [0.15, 0.2) is 0 Å². The molecule has 230 valence electrons. The fraction of sp³-hybridized carbons (Fsp3) is 0.345. The van der Waals surface area contributed by atoms with Gasteiger partial charge in [-0.05, 0) is 60.2 Å². The maximum absolute atomic E-state index is 13.5. The molecule has 2 aromatic carbocycles. The predicted octanol–water partition coefficient (Wildman–Crippen LogP) is 0.468. The second-order valence-electron chi connectivity index (χ2n) is 9.93. The second-order valence-corrected chi connectivity index (χ2v) is 10.9. The lowest BCUT2D eigenvalue weighted by Gasteiger charge is -2.25. The lowest BCUT2D eigenvalue weighted by Crippen LogP contribution is -2.58. The maximum Gasteiger partial charge on any atom is 0.326 e. The van der Waals surface area contributed by atoms with Crippen LogP contribution in [0.25, 0.3) is 0 Å². The minimum absolute atomic E-state index is 0.0255. The first-order valence-electron chi connectivity index (χ1n) is 13.5. The molecular formula is C29H36N6O7S. The molecule has 0 aliphatic carbocycles. The summed E-state index contributed by atoms with van der Waals surface area (Å²) in [6.07, 6.45) is 5.11. The van der Waals surface area contributed by atoms with Crippen molar-refractivity contribution in [1.82, 2.24) is 25.9 Å². The van der Waals surface area contributed by atoms with Crippen molar-refractivity contribution in [3.8, 4) is 11.5 Å². The standard InChI is InChI=1S/C29H36N6O7S/c1-43-11-10-23(27(39)35-25(29(41)42)13-18-4-8-21(37)9-5-18)33-28(40)24(14-19-15-31-16-32-19)34-26(38)22(30)12-17-2-6-20(36)7-3-17/h2-9,15-16,22-25,36-37H,10-14,30H2,1H3,(H,31,32)(H,33,40)(H,34,38)(H,35,39)(H,41,42). The highest BCUT2D eigenvalue weighted by molar-refractivity contribution is 7.98. The maximum atomic E-state index is 13.5. The van der Waals surface area contributed by atoms with Gasteiger partial charge in [-0.1, -0.05) is 24.3 Å². The van der Waals surface area contributed by atoms with Crippen LogP contribution in [0, 0.1) is 0 Å². The summed E-state index contributed by atoms with van der Waals surface area (Å²) in [5, 5.41) is 36.6. The van der Waals surface area contributed by atoms with E-state index in [1.807, 2.05) is 6.26 Å². The molecule has 0 fully saturated rings. The highest BCUT2D eigenvalue weighted by atomic mass is 32.2. The summed E-state index contributed by atoms with van der Waals surface area (Å²) in [5.74, 6) is -2.62. The number of aliphatic carboxylic acids is 1. The van der Waals surface area contributed by atoms with Crippen LogP contribution >= 0.6 is 11.8 Å². The number of imidazole rings is 1. The number of benzene rings is 2.